The number of pyridine rings is 1. The second-order valence-corrected chi connectivity index (χ2v) is 5.95. The zero-order chi connectivity index (χ0) is 16.2. The van der Waals surface area contributed by atoms with E-state index in [1.807, 2.05) is 28.8 Å². The molecule has 2 aromatic rings. The molecular weight excluding hydrogens is 294 g/mol. The van der Waals surface area contributed by atoms with Gasteiger partial charge in [0.2, 0.25) is 0 Å². The Bertz CT molecular complexity index is 671. The number of aliphatic hydroxyl groups is 1. The summed E-state index contributed by atoms with van der Waals surface area (Å²) < 4.78 is 1.91. The molecule has 0 spiro atoms. The second kappa shape index (κ2) is 6.95. The molecule has 2 aromatic heterocycles. The van der Waals surface area contributed by atoms with E-state index in [1.165, 1.54) is 0 Å². The number of likely N-dealkylation sites (tertiary alicyclic amines) is 1. The molecule has 0 aromatic carbocycles. The van der Waals surface area contributed by atoms with E-state index in [9.17, 15) is 9.90 Å². The maximum atomic E-state index is 12.6. The fourth-order valence-corrected chi connectivity index (χ4v) is 3.18. The van der Waals surface area contributed by atoms with E-state index in [2.05, 4.69) is 22.4 Å². The lowest BCUT2D eigenvalue weighted by Gasteiger charge is -2.26. The Balaban J connectivity index is 1.80. The van der Waals surface area contributed by atoms with Gasteiger partial charge in [-0.3, -0.25) is 4.40 Å². The third kappa shape index (κ3) is 3.14. The first-order chi connectivity index (χ1) is 11.2. The summed E-state index contributed by atoms with van der Waals surface area (Å²) in [5, 5.41) is 20.9. The number of urea groups is 1. The molecule has 0 radical (unpaired) electrons. The molecule has 1 aliphatic heterocycles. The predicted molar refractivity (Wildman–Crippen MR) is 86.0 cm³/mol. The average molecular weight is 317 g/mol. The van der Waals surface area contributed by atoms with Crippen LogP contribution < -0.4 is 5.32 Å². The van der Waals surface area contributed by atoms with Crippen molar-refractivity contribution < 1.29 is 9.90 Å². The van der Waals surface area contributed by atoms with E-state index in [0.717, 1.165) is 37.2 Å². The fourth-order valence-electron chi connectivity index (χ4n) is 3.18. The van der Waals surface area contributed by atoms with Gasteiger partial charge in [0.05, 0.1) is 18.7 Å². The Kier molecular flexibility index (Phi) is 4.76. The van der Waals surface area contributed by atoms with Crippen molar-refractivity contribution in [2.24, 2.45) is 0 Å². The molecule has 7 nitrogen and oxygen atoms in total. The zero-order valence-corrected chi connectivity index (χ0v) is 13.4. The Morgan fingerprint density at radius 2 is 2.35 bits per heavy atom. The van der Waals surface area contributed by atoms with Gasteiger partial charge in [-0.25, -0.2) is 4.79 Å². The molecule has 1 aliphatic rings. The number of fused-ring (bicyclic) bond motifs is 1. The number of amides is 2. The topological polar surface area (TPSA) is 82.8 Å². The SMILES string of the molecule is CCCC(NC(=O)N1CCCC1CO)c1nnc2ccccn12. The van der Waals surface area contributed by atoms with Gasteiger partial charge in [-0.15, -0.1) is 10.2 Å². The Hall–Kier alpha value is -2.15. The molecule has 7 heteroatoms. The minimum Gasteiger partial charge on any atom is -0.394 e. The lowest BCUT2D eigenvalue weighted by atomic mass is 10.1. The summed E-state index contributed by atoms with van der Waals surface area (Å²) in [7, 11) is 0. The smallest absolute Gasteiger partial charge is 0.318 e. The van der Waals surface area contributed by atoms with Gasteiger partial charge in [-0.2, -0.15) is 0 Å². The van der Waals surface area contributed by atoms with E-state index < -0.39 is 0 Å². The van der Waals surface area contributed by atoms with Crippen molar-refractivity contribution in [1.82, 2.24) is 24.8 Å². The minimum atomic E-state index is -0.190. The lowest BCUT2D eigenvalue weighted by molar-refractivity contribution is 0.153. The van der Waals surface area contributed by atoms with Gasteiger partial charge < -0.3 is 15.3 Å². The molecule has 23 heavy (non-hydrogen) atoms. The first-order valence-corrected chi connectivity index (χ1v) is 8.22. The molecule has 3 rings (SSSR count). The van der Waals surface area contributed by atoms with Crippen molar-refractivity contribution in [3.63, 3.8) is 0 Å². The molecule has 0 aliphatic carbocycles. The van der Waals surface area contributed by atoms with Gasteiger partial charge in [0.25, 0.3) is 0 Å². The molecule has 2 amide bonds. The molecule has 0 bridgehead atoms. The molecule has 124 valence electrons. The summed E-state index contributed by atoms with van der Waals surface area (Å²) >= 11 is 0. The first kappa shape index (κ1) is 15.7. The quantitative estimate of drug-likeness (QED) is 0.880. The highest BCUT2D eigenvalue weighted by Gasteiger charge is 2.30. The van der Waals surface area contributed by atoms with Crippen molar-refractivity contribution in [3.05, 3.63) is 30.2 Å². The van der Waals surface area contributed by atoms with Crippen LogP contribution in [0.4, 0.5) is 4.79 Å². The predicted octanol–water partition coefficient (Wildman–Crippen LogP) is 1.74. The Morgan fingerprint density at radius 3 is 3.13 bits per heavy atom. The van der Waals surface area contributed by atoms with Crippen LogP contribution in [0.3, 0.4) is 0 Å². The number of hydrogen-bond acceptors (Lipinski definition) is 4. The van der Waals surface area contributed by atoms with Gasteiger partial charge in [0, 0.05) is 12.7 Å². The van der Waals surface area contributed by atoms with Crippen LogP contribution in [-0.4, -0.2) is 49.8 Å². The van der Waals surface area contributed by atoms with Crippen LogP contribution >= 0.6 is 0 Å². The van der Waals surface area contributed by atoms with E-state index in [1.54, 1.807) is 4.90 Å². The highest BCUT2D eigenvalue weighted by atomic mass is 16.3. The van der Waals surface area contributed by atoms with Crippen molar-refractivity contribution >= 4 is 11.7 Å². The van der Waals surface area contributed by atoms with Crippen molar-refractivity contribution in [1.29, 1.82) is 0 Å². The van der Waals surface area contributed by atoms with Crippen LogP contribution in [0, 0.1) is 0 Å². The molecule has 3 heterocycles. The van der Waals surface area contributed by atoms with E-state index in [4.69, 9.17) is 0 Å². The second-order valence-electron chi connectivity index (χ2n) is 5.95. The lowest BCUT2D eigenvalue weighted by Crippen LogP contribution is -2.45. The zero-order valence-electron chi connectivity index (χ0n) is 13.4. The van der Waals surface area contributed by atoms with Gasteiger partial charge in [0.1, 0.15) is 0 Å². The van der Waals surface area contributed by atoms with Gasteiger partial charge >= 0.3 is 6.03 Å². The number of carbonyl (C=O) groups is 1. The highest BCUT2D eigenvalue weighted by Crippen LogP contribution is 2.21. The van der Waals surface area contributed by atoms with Gasteiger partial charge in [-0.1, -0.05) is 19.4 Å². The maximum absolute atomic E-state index is 12.6. The number of aliphatic hydroxyl groups excluding tert-OH is 1. The molecule has 2 unspecified atom stereocenters. The van der Waals surface area contributed by atoms with Crippen LogP contribution in [0.2, 0.25) is 0 Å². The van der Waals surface area contributed by atoms with E-state index in [-0.39, 0.29) is 24.7 Å². The molecule has 1 saturated heterocycles. The number of hydrogen-bond donors (Lipinski definition) is 2. The summed E-state index contributed by atoms with van der Waals surface area (Å²) in [6, 6.07) is 5.33. The molecule has 2 N–H and O–H groups in total. The largest absolute Gasteiger partial charge is 0.394 e. The number of nitrogens with one attached hydrogen (secondary N) is 1. The monoisotopic (exact) mass is 317 g/mol. The number of rotatable bonds is 5. The van der Waals surface area contributed by atoms with Crippen LogP contribution in [-0.2, 0) is 0 Å². The van der Waals surface area contributed by atoms with Crippen molar-refractivity contribution in [2.45, 2.75) is 44.7 Å². The summed E-state index contributed by atoms with van der Waals surface area (Å²) in [6.45, 7) is 2.78. The molecular formula is C16H23N5O2. The summed E-state index contributed by atoms with van der Waals surface area (Å²) in [4.78, 5) is 14.3. The fraction of sp³-hybridized carbons (Fsp3) is 0.562. The van der Waals surface area contributed by atoms with E-state index in [0.29, 0.717) is 6.54 Å². The van der Waals surface area contributed by atoms with Gasteiger partial charge in [0.15, 0.2) is 11.5 Å². The summed E-state index contributed by atoms with van der Waals surface area (Å²) in [6.07, 6.45) is 5.42. The van der Waals surface area contributed by atoms with Crippen LogP contribution in [0.25, 0.3) is 5.65 Å². The Morgan fingerprint density at radius 1 is 1.48 bits per heavy atom. The van der Waals surface area contributed by atoms with Crippen LogP contribution in [0.1, 0.15) is 44.5 Å². The number of nitrogens with zero attached hydrogens (tertiary/aromatic N) is 4. The standard InChI is InChI=1S/C16H23N5O2/c1-2-6-13(15-19-18-14-8-3-4-9-21(14)15)17-16(23)20-10-5-7-12(20)11-22/h3-4,8-9,12-13,22H,2,5-7,10-11H2,1H3,(H,17,23). The van der Waals surface area contributed by atoms with Crippen molar-refractivity contribution in [2.75, 3.05) is 13.2 Å². The first-order valence-electron chi connectivity index (χ1n) is 8.22. The number of carbonyl (C=O) groups excluding carboxylic acids is 1. The van der Waals surface area contributed by atoms with Crippen LogP contribution in [0.15, 0.2) is 24.4 Å². The maximum Gasteiger partial charge on any atom is 0.318 e. The molecule has 1 fully saturated rings. The third-order valence-electron chi connectivity index (χ3n) is 4.38. The minimum absolute atomic E-state index is 0.0136. The third-order valence-corrected chi connectivity index (χ3v) is 4.38. The van der Waals surface area contributed by atoms with Crippen molar-refractivity contribution in [3.8, 4) is 0 Å². The van der Waals surface area contributed by atoms with E-state index >= 15 is 0 Å². The molecule has 2 atom stereocenters. The average Bonchev–Trinajstić information content (AvgIpc) is 3.21. The van der Waals surface area contributed by atoms with Gasteiger partial charge in [-0.05, 0) is 31.4 Å². The molecule has 0 saturated carbocycles. The Labute approximate surface area is 135 Å². The van der Waals surface area contributed by atoms with Crippen LogP contribution in [0.5, 0.6) is 0 Å². The summed E-state index contributed by atoms with van der Waals surface area (Å²) in [5.41, 5.74) is 0.771. The number of aromatic nitrogens is 3. The normalized spacial score (nSPS) is 19.2. The highest BCUT2D eigenvalue weighted by molar-refractivity contribution is 5.75. The summed E-state index contributed by atoms with van der Waals surface area (Å²) in [5.74, 6) is 0.746.